The van der Waals surface area contributed by atoms with E-state index in [0.29, 0.717) is 0 Å². The Bertz CT molecular complexity index is 1560. The van der Waals surface area contributed by atoms with Crippen molar-refractivity contribution >= 4 is 27.8 Å². The number of nitrogens with zero attached hydrogens (tertiary/aromatic N) is 5. The molecule has 6 heterocycles. The van der Waals surface area contributed by atoms with Crippen LogP contribution in [0.3, 0.4) is 0 Å². The van der Waals surface area contributed by atoms with Crippen molar-refractivity contribution in [2.45, 2.75) is 51.5 Å². The number of hydrogen-bond acceptors (Lipinski definition) is 6. The average Bonchev–Trinajstić information content (AvgIpc) is 3.73. The van der Waals surface area contributed by atoms with E-state index in [1.165, 1.54) is 50.5 Å². The zero-order valence-corrected chi connectivity index (χ0v) is 21.7. The van der Waals surface area contributed by atoms with Gasteiger partial charge in [0.05, 0.1) is 11.2 Å². The number of rotatable bonds is 7. The Balaban J connectivity index is 1.18. The van der Waals surface area contributed by atoms with Crippen LogP contribution in [0.5, 0.6) is 0 Å². The molecule has 1 saturated heterocycles. The van der Waals surface area contributed by atoms with E-state index in [9.17, 15) is 0 Å². The second kappa shape index (κ2) is 10.2. The van der Waals surface area contributed by atoms with Crippen LogP contribution in [-0.4, -0.2) is 49.8 Å². The summed E-state index contributed by atoms with van der Waals surface area (Å²) in [6, 6.07) is 8.62. The minimum Gasteiger partial charge on any atom is -0.356 e. The Morgan fingerprint density at radius 3 is 2.66 bits per heavy atom. The number of pyridine rings is 3. The Hall–Kier alpha value is -3.78. The molecule has 7 rings (SSSR count). The molecule has 0 unspecified atom stereocenters. The van der Waals surface area contributed by atoms with Crippen molar-refractivity contribution in [1.82, 2.24) is 35.5 Å². The molecule has 3 N–H and O–H groups in total. The van der Waals surface area contributed by atoms with Crippen molar-refractivity contribution < 1.29 is 0 Å². The monoisotopic (exact) mass is 506 g/mol. The Labute approximate surface area is 222 Å². The van der Waals surface area contributed by atoms with Gasteiger partial charge in [0.2, 0.25) is 0 Å². The van der Waals surface area contributed by atoms with Crippen molar-refractivity contribution in [3.63, 3.8) is 0 Å². The van der Waals surface area contributed by atoms with E-state index in [2.05, 4.69) is 48.6 Å². The zero-order valence-electron chi connectivity index (χ0n) is 21.7. The van der Waals surface area contributed by atoms with Gasteiger partial charge in [-0.1, -0.05) is 12.8 Å². The van der Waals surface area contributed by atoms with Gasteiger partial charge < -0.3 is 15.2 Å². The Morgan fingerprint density at radius 1 is 0.895 bits per heavy atom. The third-order valence-electron chi connectivity index (χ3n) is 8.22. The molecule has 0 amide bonds. The van der Waals surface area contributed by atoms with Crippen molar-refractivity contribution in [3.8, 4) is 22.5 Å². The third-order valence-corrected chi connectivity index (χ3v) is 8.22. The van der Waals surface area contributed by atoms with Crippen LogP contribution in [0, 0.1) is 5.92 Å². The molecule has 38 heavy (non-hydrogen) atoms. The van der Waals surface area contributed by atoms with Gasteiger partial charge in [-0.3, -0.25) is 10.1 Å². The van der Waals surface area contributed by atoms with E-state index >= 15 is 0 Å². The van der Waals surface area contributed by atoms with Gasteiger partial charge in [-0.05, 0) is 74.4 Å². The number of anilines is 1. The molecule has 5 aromatic rings. The van der Waals surface area contributed by atoms with E-state index in [-0.39, 0.29) is 0 Å². The summed E-state index contributed by atoms with van der Waals surface area (Å²) in [7, 11) is 0. The lowest BCUT2D eigenvalue weighted by atomic mass is 10.1. The maximum absolute atomic E-state index is 4.75. The number of fused-ring (bicyclic) bond motifs is 2. The molecule has 194 valence electrons. The fraction of sp³-hybridized carbons (Fsp3) is 0.400. The van der Waals surface area contributed by atoms with Crippen LogP contribution >= 0.6 is 0 Å². The SMILES string of the molecule is c1cc2[nH]c(-c3n[nH]c4ncc(-c5cncc(CNCC6CCCC6)c5)cc34)cc2c(N2CCCCC2)n1. The second-order valence-electron chi connectivity index (χ2n) is 10.9. The molecule has 1 aliphatic heterocycles. The normalized spacial score (nSPS) is 16.7. The first-order valence-electron chi connectivity index (χ1n) is 14.0. The van der Waals surface area contributed by atoms with Crippen LogP contribution in [-0.2, 0) is 6.54 Å². The van der Waals surface area contributed by atoms with Gasteiger partial charge in [0.25, 0.3) is 0 Å². The van der Waals surface area contributed by atoms with Gasteiger partial charge >= 0.3 is 0 Å². The Morgan fingerprint density at radius 2 is 1.76 bits per heavy atom. The van der Waals surface area contributed by atoms with E-state index in [1.807, 2.05) is 30.9 Å². The summed E-state index contributed by atoms with van der Waals surface area (Å²) in [5, 5.41) is 13.5. The fourth-order valence-electron chi connectivity index (χ4n) is 6.17. The predicted octanol–water partition coefficient (Wildman–Crippen LogP) is 5.83. The molecule has 2 aliphatic rings. The fourth-order valence-corrected chi connectivity index (χ4v) is 6.17. The molecule has 1 saturated carbocycles. The molecular formula is C30H34N8. The first-order valence-corrected chi connectivity index (χ1v) is 14.0. The van der Waals surface area contributed by atoms with Crippen LogP contribution in [0.4, 0.5) is 5.82 Å². The smallest absolute Gasteiger partial charge is 0.155 e. The second-order valence-corrected chi connectivity index (χ2v) is 10.9. The number of nitrogens with one attached hydrogen (secondary N) is 3. The zero-order chi connectivity index (χ0) is 25.3. The highest BCUT2D eigenvalue weighted by Crippen LogP contribution is 2.34. The highest BCUT2D eigenvalue weighted by molar-refractivity contribution is 5.99. The maximum Gasteiger partial charge on any atom is 0.155 e. The summed E-state index contributed by atoms with van der Waals surface area (Å²) >= 11 is 0. The largest absolute Gasteiger partial charge is 0.356 e. The predicted molar refractivity (Wildman–Crippen MR) is 152 cm³/mol. The van der Waals surface area contributed by atoms with Crippen LogP contribution in [0.15, 0.2) is 49.1 Å². The molecule has 1 aliphatic carbocycles. The number of piperidine rings is 1. The lowest BCUT2D eigenvalue weighted by molar-refractivity contribution is 0.489. The summed E-state index contributed by atoms with van der Waals surface area (Å²) < 4.78 is 0. The average molecular weight is 507 g/mol. The standard InChI is InChI=1S/C30H34N8/c1-4-10-38(11-5-1)30-24-14-27(35-26(24)8-9-33-30)28-25-13-23(19-34-29(25)37-36-28)22-12-21(17-32-18-22)16-31-15-20-6-2-3-7-20/h8-9,12-14,17-20,31,35H,1-7,10-11,15-16H2,(H,34,36,37). The van der Waals surface area contributed by atoms with E-state index in [1.54, 1.807) is 0 Å². The van der Waals surface area contributed by atoms with Crippen LogP contribution < -0.4 is 10.2 Å². The summed E-state index contributed by atoms with van der Waals surface area (Å²) in [4.78, 5) is 20.0. The van der Waals surface area contributed by atoms with E-state index in [4.69, 9.17) is 9.97 Å². The molecule has 0 aromatic carbocycles. The molecule has 0 bridgehead atoms. The summed E-state index contributed by atoms with van der Waals surface area (Å²) in [6.45, 7) is 4.06. The Kier molecular flexibility index (Phi) is 6.25. The molecule has 5 aromatic heterocycles. The van der Waals surface area contributed by atoms with Gasteiger partial charge in [0.1, 0.15) is 11.5 Å². The molecule has 2 fully saturated rings. The number of hydrogen-bond donors (Lipinski definition) is 3. The molecular weight excluding hydrogens is 472 g/mol. The van der Waals surface area contributed by atoms with E-state index in [0.717, 1.165) is 82.4 Å². The van der Waals surface area contributed by atoms with Crippen LogP contribution in [0.1, 0.15) is 50.5 Å². The van der Waals surface area contributed by atoms with Gasteiger partial charge in [0, 0.05) is 66.3 Å². The van der Waals surface area contributed by atoms with Gasteiger partial charge in [0.15, 0.2) is 5.65 Å². The van der Waals surface area contributed by atoms with Crippen molar-refractivity contribution in [2.24, 2.45) is 5.92 Å². The van der Waals surface area contributed by atoms with Gasteiger partial charge in [-0.15, -0.1) is 0 Å². The number of aromatic nitrogens is 6. The highest BCUT2D eigenvalue weighted by atomic mass is 15.2. The summed E-state index contributed by atoms with van der Waals surface area (Å²) in [6.07, 6.45) is 16.9. The van der Waals surface area contributed by atoms with Gasteiger partial charge in [-0.2, -0.15) is 5.10 Å². The van der Waals surface area contributed by atoms with Crippen molar-refractivity contribution in [3.05, 3.63) is 54.6 Å². The minimum atomic E-state index is 0.777. The maximum atomic E-state index is 4.75. The molecule has 0 spiro atoms. The first-order chi connectivity index (χ1) is 18.8. The number of H-pyrrole nitrogens is 2. The van der Waals surface area contributed by atoms with Crippen LogP contribution in [0.2, 0.25) is 0 Å². The molecule has 0 radical (unpaired) electrons. The molecule has 0 atom stereocenters. The van der Waals surface area contributed by atoms with Gasteiger partial charge in [-0.25, -0.2) is 9.97 Å². The first kappa shape index (κ1) is 23.3. The minimum absolute atomic E-state index is 0.777. The summed E-state index contributed by atoms with van der Waals surface area (Å²) in [5.74, 6) is 1.89. The molecule has 8 nitrogen and oxygen atoms in total. The van der Waals surface area contributed by atoms with Crippen LogP contribution in [0.25, 0.3) is 44.5 Å². The lowest BCUT2D eigenvalue weighted by Gasteiger charge is -2.28. The summed E-state index contributed by atoms with van der Waals surface area (Å²) in [5.41, 5.74) is 7.01. The highest BCUT2D eigenvalue weighted by Gasteiger charge is 2.19. The lowest BCUT2D eigenvalue weighted by Crippen LogP contribution is -2.30. The quantitative estimate of drug-likeness (QED) is 0.257. The topological polar surface area (TPSA) is 98.4 Å². The molecule has 8 heteroatoms. The van der Waals surface area contributed by atoms with Crippen molar-refractivity contribution in [1.29, 1.82) is 0 Å². The number of aromatic amines is 2. The third kappa shape index (κ3) is 4.53. The van der Waals surface area contributed by atoms with E-state index < -0.39 is 0 Å². The van der Waals surface area contributed by atoms with Crippen molar-refractivity contribution in [2.75, 3.05) is 24.5 Å².